The minimum Gasteiger partial charge on any atom is -0.493 e. The average Bonchev–Trinajstić information content (AvgIpc) is 3.40. The average molecular weight is 365 g/mol. The standard InChI is InChI=1S/C18H16FN7O/c1-25-9-11(6-23-25)13-7-20-18(26-10-22-24-17(13)26)21-8-14-12-4-5-27-16(12)3-2-15(14)19/h2-3,6-7,9-10H,4-5,8H2,1H3,(H,20,21). The number of ether oxygens (including phenoxy) is 1. The van der Waals surface area contributed by atoms with Crippen LogP contribution in [0.1, 0.15) is 11.1 Å². The lowest BCUT2D eigenvalue weighted by molar-refractivity contribution is 0.356. The summed E-state index contributed by atoms with van der Waals surface area (Å²) >= 11 is 0. The van der Waals surface area contributed by atoms with Gasteiger partial charge in [-0.05, 0) is 12.1 Å². The Balaban J connectivity index is 1.49. The van der Waals surface area contributed by atoms with Gasteiger partial charge in [-0.25, -0.2) is 9.37 Å². The van der Waals surface area contributed by atoms with E-state index in [-0.39, 0.29) is 5.82 Å². The summed E-state index contributed by atoms with van der Waals surface area (Å²) in [7, 11) is 1.85. The van der Waals surface area contributed by atoms with Crippen LogP contribution >= 0.6 is 0 Å². The van der Waals surface area contributed by atoms with E-state index in [2.05, 4.69) is 25.6 Å². The summed E-state index contributed by atoms with van der Waals surface area (Å²) in [5, 5.41) is 15.6. The maximum atomic E-state index is 14.3. The minimum atomic E-state index is -0.251. The molecular formula is C18H16FN7O. The van der Waals surface area contributed by atoms with Gasteiger partial charge in [0.15, 0.2) is 5.65 Å². The number of benzene rings is 1. The van der Waals surface area contributed by atoms with E-state index >= 15 is 0 Å². The van der Waals surface area contributed by atoms with Crippen LogP contribution in [-0.2, 0) is 20.0 Å². The van der Waals surface area contributed by atoms with Gasteiger partial charge >= 0.3 is 0 Å². The smallest absolute Gasteiger partial charge is 0.210 e. The van der Waals surface area contributed by atoms with Gasteiger partial charge in [0.25, 0.3) is 0 Å². The zero-order valence-corrected chi connectivity index (χ0v) is 14.6. The number of fused-ring (bicyclic) bond motifs is 2. The second-order valence-corrected chi connectivity index (χ2v) is 6.38. The van der Waals surface area contributed by atoms with Gasteiger partial charge in [0, 0.05) is 54.7 Å². The van der Waals surface area contributed by atoms with Crippen molar-refractivity contribution in [3.8, 4) is 16.9 Å². The number of halogens is 1. The number of rotatable bonds is 4. The zero-order chi connectivity index (χ0) is 18.4. The van der Waals surface area contributed by atoms with Gasteiger partial charge in [-0.2, -0.15) is 5.10 Å². The van der Waals surface area contributed by atoms with Crippen LogP contribution < -0.4 is 10.1 Å². The van der Waals surface area contributed by atoms with E-state index < -0.39 is 0 Å². The lowest BCUT2D eigenvalue weighted by Gasteiger charge is -2.12. The fourth-order valence-corrected chi connectivity index (χ4v) is 3.39. The van der Waals surface area contributed by atoms with Gasteiger partial charge in [-0.3, -0.25) is 9.08 Å². The lowest BCUT2D eigenvalue weighted by atomic mass is 10.0. The number of aryl methyl sites for hydroxylation is 1. The molecule has 3 aromatic heterocycles. The van der Waals surface area contributed by atoms with Crippen molar-refractivity contribution in [2.45, 2.75) is 13.0 Å². The highest BCUT2D eigenvalue weighted by atomic mass is 19.1. The van der Waals surface area contributed by atoms with Crippen LogP contribution in [-0.4, -0.2) is 36.0 Å². The zero-order valence-electron chi connectivity index (χ0n) is 14.6. The fourth-order valence-electron chi connectivity index (χ4n) is 3.39. The van der Waals surface area contributed by atoms with Crippen molar-refractivity contribution in [1.82, 2.24) is 29.4 Å². The second kappa shape index (κ2) is 6.04. The SMILES string of the molecule is Cn1cc(-c2cnc(NCc3c(F)ccc4c3CCO4)n3cnnc23)cn1. The highest BCUT2D eigenvalue weighted by molar-refractivity contribution is 5.76. The van der Waals surface area contributed by atoms with Crippen LogP contribution in [0.3, 0.4) is 0 Å². The Morgan fingerprint density at radius 3 is 3.07 bits per heavy atom. The third kappa shape index (κ3) is 2.59. The van der Waals surface area contributed by atoms with E-state index in [1.165, 1.54) is 6.07 Å². The molecule has 0 saturated heterocycles. The topological polar surface area (TPSA) is 82.2 Å². The van der Waals surface area contributed by atoms with E-state index in [1.54, 1.807) is 33.9 Å². The van der Waals surface area contributed by atoms with E-state index in [4.69, 9.17) is 4.74 Å². The summed E-state index contributed by atoms with van der Waals surface area (Å²) < 4.78 is 23.3. The molecule has 0 saturated carbocycles. The third-order valence-electron chi connectivity index (χ3n) is 4.71. The quantitative estimate of drug-likeness (QED) is 0.597. The number of anilines is 1. The van der Waals surface area contributed by atoms with Crippen LogP contribution in [0, 0.1) is 5.82 Å². The van der Waals surface area contributed by atoms with Crippen molar-refractivity contribution in [2.75, 3.05) is 11.9 Å². The van der Waals surface area contributed by atoms with Gasteiger partial charge in [0.1, 0.15) is 17.9 Å². The number of hydrogen-bond donors (Lipinski definition) is 1. The van der Waals surface area contributed by atoms with Crippen molar-refractivity contribution in [1.29, 1.82) is 0 Å². The highest BCUT2D eigenvalue weighted by Gasteiger charge is 2.20. The number of aromatic nitrogens is 6. The molecule has 0 amide bonds. The van der Waals surface area contributed by atoms with Gasteiger partial charge in [-0.1, -0.05) is 0 Å². The maximum absolute atomic E-state index is 14.3. The van der Waals surface area contributed by atoms with Gasteiger partial charge in [-0.15, -0.1) is 10.2 Å². The fraction of sp³-hybridized carbons (Fsp3) is 0.222. The highest BCUT2D eigenvalue weighted by Crippen LogP contribution is 2.31. The van der Waals surface area contributed by atoms with E-state index in [0.29, 0.717) is 36.7 Å². The maximum Gasteiger partial charge on any atom is 0.210 e. The first kappa shape index (κ1) is 15.7. The molecule has 0 fully saturated rings. The molecule has 8 nitrogen and oxygen atoms in total. The summed E-state index contributed by atoms with van der Waals surface area (Å²) in [6, 6.07) is 3.12. The Bertz CT molecular complexity index is 1150. The molecule has 0 bridgehead atoms. The van der Waals surface area contributed by atoms with Crippen molar-refractivity contribution >= 4 is 11.6 Å². The normalized spacial score (nSPS) is 13.0. The molecule has 27 heavy (non-hydrogen) atoms. The molecule has 5 rings (SSSR count). The first-order valence-electron chi connectivity index (χ1n) is 8.55. The van der Waals surface area contributed by atoms with Gasteiger partial charge in [0.05, 0.1) is 12.8 Å². The molecule has 0 radical (unpaired) electrons. The van der Waals surface area contributed by atoms with E-state index in [9.17, 15) is 4.39 Å². The molecular weight excluding hydrogens is 349 g/mol. The third-order valence-corrected chi connectivity index (χ3v) is 4.71. The predicted molar refractivity (Wildman–Crippen MR) is 95.9 cm³/mol. The Morgan fingerprint density at radius 1 is 1.30 bits per heavy atom. The van der Waals surface area contributed by atoms with Crippen molar-refractivity contribution in [2.24, 2.45) is 7.05 Å². The summed E-state index contributed by atoms with van der Waals surface area (Å²) in [5.41, 5.74) is 3.89. The molecule has 1 aliphatic heterocycles. The van der Waals surface area contributed by atoms with Crippen molar-refractivity contribution in [3.05, 3.63) is 54.0 Å². The van der Waals surface area contributed by atoms with Crippen molar-refractivity contribution in [3.63, 3.8) is 0 Å². The summed E-state index contributed by atoms with van der Waals surface area (Å²) in [6.45, 7) is 0.879. The monoisotopic (exact) mass is 365 g/mol. The van der Waals surface area contributed by atoms with Crippen LogP contribution in [0.15, 0.2) is 37.1 Å². The minimum absolute atomic E-state index is 0.251. The second-order valence-electron chi connectivity index (χ2n) is 6.38. The molecule has 1 N–H and O–H groups in total. The molecule has 0 atom stereocenters. The van der Waals surface area contributed by atoms with Crippen LogP contribution in [0.4, 0.5) is 10.3 Å². The Morgan fingerprint density at radius 2 is 2.22 bits per heavy atom. The molecule has 9 heteroatoms. The Kier molecular flexibility index (Phi) is 3.52. The largest absolute Gasteiger partial charge is 0.493 e. The van der Waals surface area contributed by atoms with Gasteiger partial charge < -0.3 is 10.1 Å². The molecule has 1 aromatic carbocycles. The number of nitrogens with one attached hydrogen (secondary N) is 1. The van der Waals surface area contributed by atoms with Crippen LogP contribution in [0.2, 0.25) is 0 Å². The van der Waals surface area contributed by atoms with Crippen molar-refractivity contribution < 1.29 is 9.13 Å². The first-order chi connectivity index (χ1) is 13.2. The molecule has 0 unspecified atom stereocenters. The van der Waals surface area contributed by atoms with Gasteiger partial charge in [0.2, 0.25) is 5.95 Å². The summed E-state index contributed by atoms with van der Waals surface area (Å²) in [5.74, 6) is 1.04. The Labute approximate surface area is 153 Å². The summed E-state index contributed by atoms with van der Waals surface area (Å²) in [6.07, 6.45) is 7.65. The molecule has 0 aliphatic carbocycles. The molecule has 1 aliphatic rings. The van der Waals surface area contributed by atoms with Crippen LogP contribution in [0.25, 0.3) is 16.8 Å². The lowest BCUT2D eigenvalue weighted by Crippen LogP contribution is -2.09. The molecule has 4 heterocycles. The number of hydrogen-bond acceptors (Lipinski definition) is 6. The van der Waals surface area contributed by atoms with E-state index in [1.807, 2.05) is 13.2 Å². The van der Waals surface area contributed by atoms with E-state index in [0.717, 1.165) is 22.4 Å². The van der Waals surface area contributed by atoms with Crippen LogP contribution in [0.5, 0.6) is 5.75 Å². The molecule has 4 aromatic rings. The first-order valence-corrected chi connectivity index (χ1v) is 8.55. The Hall–Kier alpha value is -3.49. The molecule has 0 spiro atoms. The predicted octanol–water partition coefficient (Wildman–Crippen LogP) is 2.21. The number of nitrogens with zero attached hydrogens (tertiary/aromatic N) is 6. The molecule has 136 valence electrons. The summed E-state index contributed by atoms with van der Waals surface area (Å²) in [4.78, 5) is 4.48.